The van der Waals surface area contributed by atoms with E-state index in [0.717, 1.165) is 25.7 Å². The third-order valence-electron chi connectivity index (χ3n) is 5.58. The summed E-state index contributed by atoms with van der Waals surface area (Å²) in [5, 5.41) is 3.56. The van der Waals surface area contributed by atoms with Crippen LogP contribution in [0.2, 0.25) is 0 Å². The van der Waals surface area contributed by atoms with Gasteiger partial charge in [-0.2, -0.15) is 0 Å². The number of carbonyl (C=O) groups is 2. The Labute approximate surface area is 180 Å². The van der Waals surface area contributed by atoms with Crippen molar-refractivity contribution in [2.24, 2.45) is 0 Å². The fourth-order valence-corrected chi connectivity index (χ4v) is 3.99. The quantitative estimate of drug-likeness (QED) is 0.644. The summed E-state index contributed by atoms with van der Waals surface area (Å²) in [5.74, 6) is 0.256. The molecule has 7 heteroatoms. The largest absolute Gasteiger partial charge is 0.496 e. The second-order valence-corrected chi connectivity index (χ2v) is 7.50. The standard InChI is InChI=1S/C24H26N2O5/c1-29-18-12-9-13-19(30-2)20(18)23(27)25-21-16-10-5-6-11-17(16)31-22(21)24(28)26-14-7-3-4-8-15-26/h5-6,9-13H,3-4,7-8,14-15H2,1-2H3,(H,25,27). The van der Waals surface area contributed by atoms with Gasteiger partial charge in [0.15, 0.2) is 0 Å². The third kappa shape index (κ3) is 4.08. The molecule has 3 aromatic rings. The van der Waals surface area contributed by atoms with Gasteiger partial charge in [0.2, 0.25) is 5.76 Å². The molecule has 2 heterocycles. The molecule has 1 N–H and O–H groups in total. The van der Waals surface area contributed by atoms with Crippen LogP contribution in [0, 0.1) is 0 Å². The molecule has 7 nitrogen and oxygen atoms in total. The smallest absolute Gasteiger partial charge is 0.291 e. The average Bonchev–Trinajstić information content (AvgIpc) is 2.97. The van der Waals surface area contributed by atoms with Crippen LogP contribution in [0.3, 0.4) is 0 Å². The molecular weight excluding hydrogens is 396 g/mol. The van der Waals surface area contributed by atoms with E-state index in [1.807, 2.05) is 23.1 Å². The number of benzene rings is 2. The van der Waals surface area contributed by atoms with Crippen LogP contribution in [0.25, 0.3) is 11.0 Å². The van der Waals surface area contributed by atoms with Crippen LogP contribution in [0.15, 0.2) is 46.9 Å². The number of anilines is 1. The fourth-order valence-electron chi connectivity index (χ4n) is 3.99. The molecule has 162 valence electrons. The number of hydrogen-bond donors (Lipinski definition) is 1. The predicted molar refractivity (Wildman–Crippen MR) is 118 cm³/mol. The van der Waals surface area contributed by atoms with E-state index in [-0.39, 0.29) is 17.2 Å². The Kier molecular flexibility index (Phi) is 6.11. The Hall–Kier alpha value is -3.48. The average molecular weight is 422 g/mol. The van der Waals surface area contributed by atoms with Crippen LogP contribution in [-0.2, 0) is 0 Å². The maximum absolute atomic E-state index is 13.3. The molecule has 1 fully saturated rings. The van der Waals surface area contributed by atoms with Gasteiger partial charge < -0.3 is 24.1 Å². The van der Waals surface area contributed by atoms with E-state index in [0.29, 0.717) is 41.2 Å². The van der Waals surface area contributed by atoms with Gasteiger partial charge in [-0.1, -0.05) is 31.0 Å². The van der Waals surface area contributed by atoms with Crippen LogP contribution in [0.4, 0.5) is 5.69 Å². The topological polar surface area (TPSA) is 81.0 Å². The maximum atomic E-state index is 13.3. The Morgan fingerprint density at radius 1 is 0.903 bits per heavy atom. The Morgan fingerprint density at radius 2 is 1.55 bits per heavy atom. The SMILES string of the molecule is COc1cccc(OC)c1C(=O)Nc1c(C(=O)N2CCCCCC2)oc2ccccc12. The normalized spacial score (nSPS) is 14.2. The molecule has 31 heavy (non-hydrogen) atoms. The minimum Gasteiger partial charge on any atom is -0.496 e. The summed E-state index contributed by atoms with van der Waals surface area (Å²) in [6.45, 7) is 1.37. The summed E-state index contributed by atoms with van der Waals surface area (Å²) in [7, 11) is 2.99. The maximum Gasteiger partial charge on any atom is 0.291 e. The van der Waals surface area contributed by atoms with Crippen LogP contribution in [0.1, 0.15) is 46.6 Å². The van der Waals surface area contributed by atoms with Crippen molar-refractivity contribution in [3.05, 3.63) is 53.8 Å². The van der Waals surface area contributed by atoms with Crippen molar-refractivity contribution in [3.8, 4) is 11.5 Å². The van der Waals surface area contributed by atoms with Crippen LogP contribution in [0.5, 0.6) is 11.5 Å². The summed E-state index contributed by atoms with van der Waals surface area (Å²) in [6, 6.07) is 12.4. The molecule has 0 saturated carbocycles. The monoisotopic (exact) mass is 422 g/mol. The van der Waals surface area contributed by atoms with E-state index in [4.69, 9.17) is 13.9 Å². The zero-order valence-corrected chi connectivity index (χ0v) is 17.8. The van der Waals surface area contributed by atoms with Gasteiger partial charge in [0.05, 0.1) is 14.2 Å². The molecular formula is C24H26N2O5. The van der Waals surface area contributed by atoms with Crippen molar-refractivity contribution < 1.29 is 23.5 Å². The molecule has 0 aliphatic carbocycles. The number of nitrogens with one attached hydrogen (secondary N) is 1. The molecule has 2 amide bonds. The Balaban J connectivity index is 1.75. The molecule has 0 unspecified atom stereocenters. The Morgan fingerprint density at radius 3 is 2.19 bits per heavy atom. The number of carbonyl (C=O) groups excluding carboxylic acids is 2. The van der Waals surface area contributed by atoms with E-state index in [1.54, 1.807) is 24.3 Å². The minimum absolute atomic E-state index is 0.144. The zero-order chi connectivity index (χ0) is 21.8. The molecule has 0 atom stereocenters. The molecule has 0 radical (unpaired) electrons. The molecule has 1 aromatic heterocycles. The van der Waals surface area contributed by atoms with Crippen LogP contribution < -0.4 is 14.8 Å². The molecule has 0 spiro atoms. The molecule has 1 aliphatic rings. The van der Waals surface area contributed by atoms with Crippen molar-refractivity contribution in [1.29, 1.82) is 0 Å². The zero-order valence-electron chi connectivity index (χ0n) is 17.8. The van der Waals surface area contributed by atoms with Gasteiger partial charge in [0.25, 0.3) is 11.8 Å². The van der Waals surface area contributed by atoms with Gasteiger partial charge in [0, 0.05) is 18.5 Å². The second kappa shape index (κ2) is 9.12. The highest BCUT2D eigenvalue weighted by Crippen LogP contribution is 2.35. The van der Waals surface area contributed by atoms with Crippen molar-refractivity contribution >= 4 is 28.5 Å². The number of fused-ring (bicyclic) bond motifs is 1. The number of furan rings is 1. The van der Waals surface area contributed by atoms with Crippen molar-refractivity contribution in [2.75, 3.05) is 32.6 Å². The van der Waals surface area contributed by atoms with Crippen LogP contribution >= 0.6 is 0 Å². The molecule has 2 aromatic carbocycles. The number of amides is 2. The van der Waals surface area contributed by atoms with Gasteiger partial charge in [-0.3, -0.25) is 9.59 Å². The van der Waals surface area contributed by atoms with Crippen LogP contribution in [-0.4, -0.2) is 44.0 Å². The summed E-state index contributed by atoms with van der Waals surface area (Å²) in [4.78, 5) is 28.4. The highest BCUT2D eigenvalue weighted by molar-refractivity contribution is 6.16. The van der Waals surface area contributed by atoms with Crippen molar-refractivity contribution in [3.63, 3.8) is 0 Å². The minimum atomic E-state index is -0.439. The van der Waals surface area contributed by atoms with Gasteiger partial charge in [-0.25, -0.2) is 0 Å². The first-order valence-electron chi connectivity index (χ1n) is 10.5. The second-order valence-electron chi connectivity index (χ2n) is 7.50. The highest BCUT2D eigenvalue weighted by atomic mass is 16.5. The first-order valence-corrected chi connectivity index (χ1v) is 10.5. The summed E-state index contributed by atoms with van der Waals surface area (Å²) in [6.07, 6.45) is 4.15. The number of ether oxygens (including phenoxy) is 2. The summed E-state index contributed by atoms with van der Waals surface area (Å²) >= 11 is 0. The number of methoxy groups -OCH3 is 2. The summed E-state index contributed by atoms with van der Waals surface area (Å²) < 4.78 is 16.7. The predicted octanol–water partition coefficient (Wildman–Crippen LogP) is 4.72. The third-order valence-corrected chi connectivity index (χ3v) is 5.58. The van der Waals surface area contributed by atoms with Gasteiger partial charge in [-0.15, -0.1) is 0 Å². The molecule has 0 bridgehead atoms. The van der Waals surface area contributed by atoms with E-state index < -0.39 is 5.91 Å². The highest BCUT2D eigenvalue weighted by Gasteiger charge is 2.28. The lowest BCUT2D eigenvalue weighted by atomic mass is 10.1. The summed E-state index contributed by atoms with van der Waals surface area (Å²) in [5.41, 5.74) is 1.16. The lowest BCUT2D eigenvalue weighted by Crippen LogP contribution is -2.32. The number of likely N-dealkylation sites (tertiary alicyclic amines) is 1. The molecule has 4 rings (SSSR count). The van der Waals surface area contributed by atoms with E-state index >= 15 is 0 Å². The van der Waals surface area contributed by atoms with Crippen molar-refractivity contribution in [2.45, 2.75) is 25.7 Å². The lowest BCUT2D eigenvalue weighted by molar-refractivity contribution is 0.0733. The molecule has 1 aliphatic heterocycles. The molecule has 1 saturated heterocycles. The number of rotatable bonds is 5. The van der Waals surface area contributed by atoms with Crippen molar-refractivity contribution in [1.82, 2.24) is 4.90 Å². The fraction of sp³-hybridized carbons (Fsp3) is 0.333. The Bertz CT molecular complexity index is 1070. The van der Waals surface area contributed by atoms with Gasteiger partial charge in [0.1, 0.15) is 28.3 Å². The van der Waals surface area contributed by atoms with E-state index in [2.05, 4.69) is 5.32 Å². The van der Waals surface area contributed by atoms with E-state index in [9.17, 15) is 9.59 Å². The first-order chi connectivity index (χ1) is 15.1. The number of nitrogens with zero attached hydrogens (tertiary/aromatic N) is 1. The van der Waals surface area contributed by atoms with Gasteiger partial charge >= 0.3 is 0 Å². The first kappa shape index (κ1) is 20.8. The van der Waals surface area contributed by atoms with Gasteiger partial charge in [-0.05, 0) is 37.1 Å². The number of para-hydroxylation sites is 1. The lowest BCUT2D eigenvalue weighted by Gasteiger charge is -2.19. The van der Waals surface area contributed by atoms with E-state index in [1.165, 1.54) is 14.2 Å². The number of hydrogen-bond acceptors (Lipinski definition) is 5.